The molecule has 0 N–H and O–H groups in total. The summed E-state index contributed by atoms with van der Waals surface area (Å²) in [6.45, 7) is 0. The van der Waals surface area contributed by atoms with Crippen molar-refractivity contribution in [3.63, 3.8) is 0 Å². The highest BCUT2D eigenvalue weighted by Gasteiger charge is 2.52. The van der Waals surface area contributed by atoms with Gasteiger partial charge in [0.05, 0.1) is 38.6 Å². The van der Waals surface area contributed by atoms with E-state index >= 15 is 0 Å². The minimum atomic E-state index is -0.625. The van der Waals surface area contributed by atoms with Crippen molar-refractivity contribution >= 4 is 60.8 Å². The van der Waals surface area contributed by atoms with Gasteiger partial charge >= 0.3 is 0 Å². The molecule has 1 spiro atoms. The Hall–Kier alpha value is -11.5. The van der Waals surface area contributed by atoms with Gasteiger partial charge in [-0.1, -0.05) is 255 Å². The molecule has 0 atom stereocenters. The van der Waals surface area contributed by atoms with Crippen molar-refractivity contribution in [2.24, 2.45) is 0 Å². The molecule has 2 aromatic heterocycles. The van der Waals surface area contributed by atoms with E-state index in [0.29, 0.717) is 0 Å². The molecule has 3 aliphatic carbocycles. The zero-order valence-electron chi connectivity index (χ0n) is 48.5. The van der Waals surface area contributed by atoms with E-state index in [1.54, 1.807) is 0 Å². The van der Waals surface area contributed by atoms with Crippen LogP contribution in [-0.4, -0.2) is 4.57 Å². The SMILES string of the molecule is c1ccc(-n2c3ccccc3c3cc(-c4ccc5oc6cccc(N(c7ccc8c(c7)C(c7ccccc7)(c7ccccc7)c7ccccc7-8)c7ccccc7-c7cccc8c7-c7ccccc7C87c8ccccc8-c8ccccc87)c6c5c4)ccc32)cc1. The fraction of sp³-hybridized carbons (Fsp3) is 0.0233. The van der Waals surface area contributed by atoms with Crippen LogP contribution in [0.15, 0.2) is 332 Å². The van der Waals surface area contributed by atoms with Gasteiger partial charge in [0, 0.05) is 33.1 Å². The Bertz CT molecular complexity index is 5490. The minimum Gasteiger partial charge on any atom is -0.456 e. The molecule has 16 aromatic rings. The number of fused-ring (bicyclic) bond motifs is 19. The Morgan fingerprint density at radius 1 is 0.281 bits per heavy atom. The predicted molar refractivity (Wildman–Crippen MR) is 367 cm³/mol. The van der Waals surface area contributed by atoms with Crippen molar-refractivity contribution in [3.05, 3.63) is 372 Å². The topological polar surface area (TPSA) is 21.3 Å². The van der Waals surface area contributed by atoms with Crippen LogP contribution in [0.25, 0.3) is 105 Å². The third-order valence-electron chi connectivity index (χ3n) is 19.9. The number of hydrogen-bond acceptors (Lipinski definition) is 2. The zero-order chi connectivity index (χ0) is 58.4. The second kappa shape index (κ2) is 19.0. The first kappa shape index (κ1) is 49.7. The van der Waals surface area contributed by atoms with Crippen LogP contribution in [-0.2, 0) is 10.8 Å². The van der Waals surface area contributed by atoms with E-state index in [-0.39, 0.29) is 0 Å². The monoisotopic (exact) mass is 1130 g/mol. The van der Waals surface area contributed by atoms with Gasteiger partial charge in [-0.2, -0.15) is 0 Å². The molecule has 0 aliphatic heterocycles. The van der Waals surface area contributed by atoms with E-state index < -0.39 is 10.8 Å². The normalized spacial score (nSPS) is 13.6. The second-order valence-corrected chi connectivity index (χ2v) is 24.1. The molecule has 0 saturated carbocycles. The Labute approximate surface area is 515 Å². The highest BCUT2D eigenvalue weighted by molar-refractivity contribution is 6.16. The maximum atomic E-state index is 7.05. The predicted octanol–water partition coefficient (Wildman–Crippen LogP) is 22.2. The van der Waals surface area contributed by atoms with Crippen molar-refractivity contribution in [1.29, 1.82) is 0 Å². The van der Waals surface area contributed by atoms with Gasteiger partial charge < -0.3 is 13.9 Å². The van der Waals surface area contributed by atoms with E-state index in [1.165, 1.54) is 105 Å². The van der Waals surface area contributed by atoms with Crippen LogP contribution in [0.5, 0.6) is 0 Å². The lowest BCUT2D eigenvalue weighted by atomic mass is 9.67. The van der Waals surface area contributed by atoms with E-state index in [2.05, 4.69) is 337 Å². The molecule has 89 heavy (non-hydrogen) atoms. The number of hydrogen-bond donors (Lipinski definition) is 0. The van der Waals surface area contributed by atoms with Crippen molar-refractivity contribution in [2.45, 2.75) is 10.8 Å². The average Bonchev–Trinajstić information content (AvgIpc) is 1.52. The maximum absolute atomic E-state index is 7.05. The van der Waals surface area contributed by atoms with Crippen molar-refractivity contribution in [2.75, 3.05) is 4.90 Å². The molecule has 3 heteroatoms. The summed E-state index contributed by atoms with van der Waals surface area (Å²) < 4.78 is 9.43. The van der Waals surface area contributed by atoms with E-state index in [9.17, 15) is 0 Å². The number of anilines is 3. The van der Waals surface area contributed by atoms with Crippen molar-refractivity contribution in [3.8, 4) is 61.3 Å². The fourth-order valence-corrected chi connectivity index (χ4v) is 16.4. The highest BCUT2D eigenvalue weighted by atomic mass is 16.3. The average molecular weight is 1130 g/mol. The number of furan rings is 1. The van der Waals surface area contributed by atoms with E-state index in [1.807, 2.05) is 0 Å². The number of benzene rings is 14. The van der Waals surface area contributed by atoms with Gasteiger partial charge in [-0.3, -0.25) is 0 Å². The van der Waals surface area contributed by atoms with Crippen LogP contribution >= 0.6 is 0 Å². The van der Waals surface area contributed by atoms with E-state index in [4.69, 9.17) is 4.42 Å². The van der Waals surface area contributed by atoms with Crippen LogP contribution in [0.1, 0.15) is 44.5 Å². The summed E-state index contributed by atoms with van der Waals surface area (Å²) in [4.78, 5) is 2.55. The third-order valence-corrected chi connectivity index (χ3v) is 19.9. The molecule has 0 saturated heterocycles. The number of nitrogens with zero attached hydrogens (tertiary/aromatic N) is 2. The molecule has 3 aliphatic rings. The van der Waals surface area contributed by atoms with Crippen LogP contribution in [0, 0.1) is 0 Å². The summed E-state index contributed by atoms with van der Waals surface area (Å²) >= 11 is 0. The number of aromatic nitrogens is 1. The van der Waals surface area contributed by atoms with Gasteiger partial charge in [-0.05, 0) is 167 Å². The Kier molecular flexibility index (Phi) is 10.6. The molecule has 0 bridgehead atoms. The number of rotatable bonds is 8. The number of para-hydroxylation sites is 3. The molecule has 0 fully saturated rings. The van der Waals surface area contributed by atoms with E-state index in [0.717, 1.165) is 61.4 Å². The fourth-order valence-electron chi connectivity index (χ4n) is 16.4. The maximum Gasteiger partial charge on any atom is 0.137 e. The minimum absolute atomic E-state index is 0.501. The van der Waals surface area contributed by atoms with Crippen LogP contribution in [0.2, 0.25) is 0 Å². The summed E-state index contributed by atoms with van der Waals surface area (Å²) in [5.41, 5.74) is 29.6. The second-order valence-electron chi connectivity index (χ2n) is 24.1. The van der Waals surface area contributed by atoms with Gasteiger partial charge in [0.25, 0.3) is 0 Å². The summed E-state index contributed by atoms with van der Waals surface area (Å²) in [5.74, 6) is 0. The largest absolute Gasteiger partial charge is 0.456 e. The van der Waals surface area contributed by atoms with Crippen LogP contribution < -0.4 is 4.90 Å². The van der Waals surface area contributed by atoms with Gasteiger partial charge in [0.2, 0.25) is 0 Å². The van der Waals surface area contributed by atoms with Gasteiger partial charge in [-0.25, -0.2) is 0 Å². The third kappa shape index (κ3) is 6.82. The molecule has 19 rings (SSSR count). The smallest absolute Gasteiger partial charge is 0.137 e. The summed E-state index contributed by atoms with van der Waals surface area (Å²) in [6.07, 6.45) is 0. The summed E-state index contributed by atoms with van der Waals surface area (Å²) in [6, 6.07) is 122. The Morgan fingerprint density at radius 3 is 1.47 bits per heavy atom. The molecular weight excluding hydrogens is 1080 g/mol. The standard InChI is InChI=1S/C86H54N2O/c1-4-24-57(25-5-1)85(58-26-6-2-7-27-58)71-37-16-10-32-63(71)64-49-48-60(54-76(64)85)88(77-42-20-14-33-65(77)67-36-22-41-75-83(67)68-35-13-19-40-74(68)86(75)72-38-17-11-30-61(72)62-31-12-18-39-73(62)86)80-44-23-45-82-84(80)70-53-56(47-51-81(70)89-82)55-46-50-79-69(52-55)66-34-15-21-43-78(66)87(79)59-28-8-3-9-29-59/h1-54H. The summed E-state index contributed by atoms with van der Waals surface area (Å²) in [7, 11) is 0. The lowest BCUT2D eigenvalue weighted by Gasteiger charge is -2.35. The molecule has 0 radical (unpaired) electrons. The van der Waals surface area contributed by atoms with Gasteiger partial charge in [0.1, 0.15) is 11.2 Å². The van der Waals surface area contributed by atoms with Crippen molar-refractivity contribution in [1.82, 2.24) is 4.57 Å². The summed E-state index contributed by atoms with van der Waals surface area (Å²) in [5, 5.41) is 4.53. The molecular formula is C86H54N2O. The Balaban J connectivity index is 0.873. The lowest BCUT2D eigenvalue weighted by Crippen LogP contribution is -2.28. The molecule has 14 aromatic carbocycles. The first-order valence-corrected chi connectivity index (χ1v) is 30.9. The van der Waals surface area contributed by atoms with Crippen LogP contribution in [0.3, 0.4) is 0 Å². The first-order valence-electron chi connectivity index (χ1n) is 30.9. The zero-order valence-corrected chi connectivity index (χ0v) is 48.5. The molecule has 0 unspecified atom stereocenters. The molecule has 2 heterocycles. The quantitative estimate of drug-likeness (QED) is 0.151. The molecule has 3 nitrogen and oxygen atoms in total. The van der Waals surface area contributed by atoms with Crippen LogP contribution in [0.4, 0.5) is 17.1 Å². The lowest BCUT2D eigenvalue weighted by molar-refractivity contribution is 0.669. The first-order chi connectivity index (χ1) is 44.2. The van der Waals surface area contributed by atoms with Gasteiger partial charge in [-0.15, -0.1) is 0 Å². The molecule has 0 amide bonds. The Morgan fingerprint density at radius 2 is 0.775 bits per heavy atom. The molecule has 414 valence electrons. The van der Waals surface area contributed by atoms with Gasteiger partial charge in [0.15, 0.2) is 0 Å². The van der Waals surface area contributed by atoms with Crippen molar-refractivity contribution < 1.29 is 4.42 Å². The highest BCUT2D eigenvalue weighted by Crippen LogP contribution is 2.65.